The minimum Gasteiger partial charge on any atom is -0.572 e. The summed E-state index contributed by atoms with van der Waals surface area (Å²) >= 11 is -2.79. The molecule has 19 heteroatoms. The maximum Gasteiger partial charge on any atom is 1.00 e. The van der Waals surface area contributed by atoms with Gasteiger partial charge in [-0.2, -0.15) is 0 Å². The summed E-state index contributed by atoms with van der Waals surface area (Å²) in [7, 11) is 0. The van der Waals surface area contributed by atoms with Gasteiger partial charge in [-0.25, -0.2) is 9.59 Å². The third-order valence-corrected chi connectivity index (χ3v) is 19.8. The third kappa shape index (κ3) is 9.12. The molecule has 2 saturated heterocycles. The van der Waals surface area contributed by atoms with E-state index in [1.54, 1.807) is 0 Å². The van der Waals surface area contributed by atoms with Crippen molar-refractivity contribution in [2.75, 3.05) is 0 Å². The van der Waals surface area contributed by atoms with E-state index < -0.39 is 128 Å². The van der Waals surface area contributed by atoms with Crippen LogP contribution in [0.3, 0.4) is 0 Å². The van der Waals surface area contributed by atoms with Crippen LogP contribution in [0, 0.1) is 50.2 Å². The lowest BCUT2D eigenvalue weighted by Gasteiger charge is -2.70. The molecule has 7 rings (SSSR count). The van der Waals surface area contributed by atoms with Gasteiger partial charge in [0.25, 0.3) is 5.97 Å². The molecule has 7 N–H and O–H groups in total. The van der Waals surface area contributed by atoms with Crippen molar-refractivity contribution in [2.45, 2.75) is 214 Å². The molecule has 0 aromatic carbocycles. The number of ether oxygens (including phenoxy) is 4. The number of aliphatic hydroxyl groups excluding tert-OH is 5. The molecule has 378 valence electrons. The fourth-order valence-electron chi connectivity index (χ4n) is 14.3. The Labute approximate surface area is 398 Å². The Morgan fingerprint density at radius 2 is 1.27 bits per heavy atom. The second-order valence-electron chi connectivity index (χ2n) is 23.6. The number of fused-ring (bicyclic) bond motifs is 7. The predicted molar refractivity (Wildman–Crippen MR) is 236 cm³/mol. The molecule has 0 radical (unpaired) electrons. The van der Waals surface area contributed by atoms with Crippen LogP contribution in [0.15, 0.2) is 11.6 Å². The SMILES string of the molecule is CC(C)[O][Al]([O]C(=O)C1(C)CCC2(C)CCC3(C)C(=CC(=O)C4C5(C)CC(OC6OC(C(=O)O)C(OC7OC(C(=O)O)C(O)C(O)C7O)C(O)C6O)CC(C)(C)C5CCC43C)C2C1)[O]C(C)C. The van der Waals surface area contributed by atoms with E-state index in [0.717, 1.165) is 37.7 Å². The van der Waals surface area contributed by atoms with Crippen LogP contribution in [0.4, 0.5) is 0 Å². The van der Waals surface area contributed by atoms with Crippen molar-refractivity contribution in [3.63, 3.8) is 0 Å². The topological polar surface area (TPSA) is 274 Å². The van der Waals surface area contributed by atoms with Crippen LogP contribution in [-0.4, -0.2) is 154 Å². The van der Waals surface area contributed by atoms with Gasteiger partial charge in [0.2, 0.25) is 0 Å². The molecule has 19 unspecified atom stereocenters. The highest BCUT2D eigenvalue weighted by Crippen LogP contribution is 2.75. The standard InChI is InChI=1S/C42H62O16.2C3H7O.Al/c1-37(2)15-18(55-34-27(48)25(46)28(30(58-34)33(51)52)56-35-26(47)23(44)24(45)29(57-35)32(49)50)16-40(5)22(37)8-9-42(7)31(40)21(43)14-19-20-17-39(4,36(53)54)11-10-38(20,3)12-13-41(19,42)6;2*1-3(2)4;/h14,18,20,22-31,34-35,44-48H,8-13,15-17H2,1-7H3,(H,49,50)(H,51,52)(H,53,54);2*3H,1-2H3;/q;2*-1;+3/p-1. The number of aliphatic hydroxyl groups is 5. The van der Waals surface area contributed by atoms with E-state index in [-0.39, 0.29) is 41.2 Å². The van der Waals surface area contributed by atoms with E-state index in [2.05, 4.69) is 41.5 Å². The van der Waals surface area contributed by atoms with Crippen LogP contribution in [-0.2, 0) is 49.5 Å². The predicted octanol–water partition coefficient (Wildman–Crippen LogP) is 3.54. The van der Waals surface area contributed by atoms with Gasteiger partial charge in [0.05, 0.1) is 11.5 Å². The van der Waals surface area contributed by atoms with Gasteiger partial charge in [0.15, 0.2) is 30.6 Å². The molecule has 2 aliphatic heterocycles. The molecule has 2 heterocycles. The first-order valence-electron chi connectivity index (χ1n) is 24.2. The van der Waals surface area contributed by atoms with Crippen molar-refractivity contribution in [1.82, 2.24) is 0 Å². The van der Waals surface area contributed by atoms with Gasteiger partial charge in [0.1, 0.15) is 36.6 Å². The number of allylic oxidation sites excluding steroid dienone is 2. The number of carboxylic acids is 2. The van der Waals surface area contributed by atoms with Crippen molar-refractivity contribution in [1.29, 1.82) is 0 Å². The quantitative estimate of drug-likeness (QED) is 0.109. The first-order valence-corrected chi connectivity index (χ1v) is 25.6. The van der Waals surface area contributed by atoms with Gasteiger partial charge in [-0.05, 0) is 137 Å². The van der Waals surface area contributed by atoms with E-state index in [4.69, 9.17) is 30.3 Å². The molecule has 19 atom stereocenters. The number of hydrogen-bond donors (Lipinski definition) is 7. The number of hydrogen-bond acceptors (Lipinski definition) is 16. The average Bonchev–Trinajstić information content (AvgIpc) is 3.20. The minimum atomic E-state index is -2.79. The van der Waals surface area contributed by atoms with Gasteiger partial charge in [-0.3, -0.25) is 9.59 Å². The Morgan fingerprint density at radius 1 is 0.701 bits per heavy atom. The van der Waals surface area contributed by atoms with E-state index in [9.17, 15) is 50.1 Å². The number of carbonyl (C=O) groups is 4. The fraction of sp³-hybridized carbons (Fsp3) is 0.875. The monoisotopic (exact) mass is 966 g/mol. The van der Waals surface area contributed by atoms with Crippen molar-refractivity contribution in [2.24, 2.45) is 50.2 Å². The smallest absolute Gasteiger partial charge is 0.572 e. The maximum absolute atomic E-state index is 15.3. The van der Waals surface area contributed by atoms with E-state index in [1.807, 2.05) is 40.7 Å². The van der Waals surface area contributed by atoms with Crippen LogP contribution in [0.2, 0.25) is 0 Å². The summed E-state index contributed by atoms with van der Waals surface area (Å²) in [6.07, 6.45) is -12.8. The van der Waals surface area contributed by atoms with Crippen molar-refractivity contribution in [3.05, 3.63) is 11.6 Å². The first kappa shape index (κ1) is 52.7. The Hall–Kier alpha value is -2.09. The number of carboxylic acid groups (broad SMARTS) is 2. The van der Waals surface area contributed by atoms with E-state index >= 15 is 4.79 Å². The molecule has 0 spiro atoms. The second-order valence-corrected chi connectivity index (χ2v) is 24.9. The van der Waals surface area contributed by atoms with Gasteiger partial charge in [0, 0.05) is 18.1 Å². The van der Waals surface area contributed by atoms with Gasteiger partial charge in [-0.1, -0.05) is 47.1 Å². The Morgan fingerprint density at radius 3 is 1.87 bits per heavy atom. The zero-order chi connectivity index (χ0) is 49.7. The molecule has 7 aliphatic rings. The maximum atomic E-state index is 15.3. The molecular weight excluding hydrogens is 891 g/mol. The summed E-state index contributed by atoms with van der Waals surface area (Å²) < 4.78 is 41.1. The average molecular weight is 967 g/mol. The molecule has 0 bridgehead atoms. The fourth-order valence-corrected chi connectivity index (χ4v) is 15.8. The minimum absolute atomic E-state index is 0.0334. The van der Waals surface area contributed by atoms with Crippen LogP contribution < -0.4 is 0 Å². The largest absolute Gasteiger partial charge is 1.00 e. The van der Waals surface area contributed by atoms with Crippen LogP contribution in [0.25, 0.3) is 0 Å². The molecule has 18 nitrogen and oxygen atoms in total. The molecule has 0 aromatic heterocycles. The number of carbonyl (C=O) groups excluding carboxylic acids is 2. The number of aliphatic carboxylic acids is 2. The summed E-state index contributed by atoms with van der Waals surface area (Å²) in [5.74, 6) is -4.03. The van der Waals surface area contributed by atoms with Gasteiger partial charge in [-0.15, -0.1) is 0 Å². The molecule has 0 aromatic rings. The highest BCUT2D eigenvalue weighted by atomic mass is 27.3. The van der Waals surface area contributed by atoms with E-state index in [1.165, 1.54) is 0 Å². The summed E-state index contributed by atoms with van der Waals surface area (Å²) in [6, 6.07) is 0. The molecule has 0 amide bonds. The van der Waals surface area contributed by atoms with Crippen molar-refractivity contribution in [3.8, 4) is 0 Å². The van der Waals surface area contributed by atoms with E-state index in [0.29, 0.717) is 25.7 Å². The lowest BCUT2D eigenvalue weighted by Crippen LogP contribution is -2.67. The number of ketones is 1. The van der Waals surface area contributed by atoms with Gasteiger partial charge < -0.3 is 66.1 Å². The third-order valence-electron chi connectivity index (χ3n) is 17.9. The summed E-state index contributed by atoms with van der Waals surface area (Å²) in [6.45, 7) is 22.8. The van der Waals surface area contributed by atoms with Crippen molar-refractivity contribution < 1.29 is 85.2 Å². The zero-order valence-corrected chi connectivity index (χ0v) is 42.0. The normalized spacial score (nSPS) is 47.2. The second kappa shape index (κ2) is 18.5. The lowest BCUT2D eigenvalue weighted by molar-refractivity contribution is -0.357. The van der Waals surface area contributed by atoms with Crippen LogP contribution in [0.1, 0.15) is 134 Å². The van der Waals surface area contributed by atoms with Gasteiger partial charge >= 0.3 is 27.1 Å². The molecule has 4 saturated carbocycles. The first-order chi connectivity index (χ1) is 30.9. The van der Waals surface area contributed by atoms with Crippen LogP contribution >= 0.6 is 0 Å². The zero-order valence-electron chi connectivity index (χ0n) is 40.9. The molecule has 6 fully saturated rings. The molecular formula is C48H75AlO18. The highest BCUT2D eigenvalue weighted by molar-refractivity contribution is 6.39. The highest BCUT2D eigenvalue weighted by Gasteiger charge is 2.71. The molecule has 5 aliphatic carbocycles. The lowest BCUT2D eigenvalue weighted by atomic mass is 9.33. The molecule has 67 heavy (non-hydrogen) atoms. The van der Waals surface area contributed by atoms with Crippen molar-refractivity contribution >= 4 is 38.8 Å². The summed E-state index contributed by atoms with van der Waals surface area (Å²) in [4.78, 5) is 53.8. The Kier molecular flexibility index (Phi) is 14.6. The number of rotatable bonds is 12. The Bertz CT molecular complexity index is 1930. The Balaban J connectivity index is 1.13. The summed E-state index contributed by atoms with van der Waals surface area (Å²) in [5.41, 5.74) is -1.77. The summed E-state index contributed by atoms with van der Waals surface area (Å²) in [5, 5.41) is 73.6. The van der Waals surface area contributed by atoms with Crippen LogP contribution in [0.5, 0.6) is 0 Å².